The van der Waals surface area contributed by atoms with E-state index in [0.717, 1.165) is 51.5 Å². The summed E-state index contributed by atoms with van der Waals surface area (Å²) in [6, 6.07) is 12.8. The summed E-state index contributed by atoms with van der Waals surface area (Å²) in [5, 5.41) is 1.97. The number of para-hydroxylation sites is 1. The zero-order valence-electron chi connectivity index (χ0n) is 20.1. The number of aryl methyl sites for hydroxylation is 1. The van der Waals surface area contributed by atoms with Gasteiger partial charge in [0.05, 0.1) is 6.61 Å². The van der Waals surface area contributed by atoms with Crippen molar-refractivity contribution in [1.29, 1.82) is 0 Å². The normalized spacial score (nSPS) is 15.3. The third-order valence-corrected chi connectivity index (χ3v) is 7.22. The maximum absolute atomic E-state index is 14.2. The number of nitrogens with zero attached hydrogens (tertiary/aromatic N) is 2. The van der Waals surface area contributed by atoms with Crippen LogP contribution in [0.1, 0.15) is 36.6 Å². The van der Waals surface area contributed by atoms with Gasteiger partial charge in [-0.25, -0.2) is 4.39 Å². The molecular weight excluding hydrogens is 445 g/mol. The maximum atomic E-state index is 14.2. The Morgan fingerprint density at radius 2 is 2.03 bits per heavy atom. The first kappa shape index (κ1) is 23.1. The zero-order chi connectivity index (χ0) is 24.5. The smallest absolute Gasteiger partial charge is 0.325 e. The molecule has 5 rings (SSSR count). The third kappa shape index (κ3) is 4.43. The van der Waals surface area contributed by atoms with E-state index < -0.39 is 0 Å². The van der Waals surface area contributed by atoms with Crippen molar-refractivity contribution in [3.63, 3.8) is 0 Å². The molecule has 0 unspecified atom stereocenters. The topological polar surface area (TPSA) is 67.3 Å². The van der Waals surface area contributed by atoms with Gasteiger partial charge in [-0.15, -0.1) is 0 Å². The van der Waals surface area contributed by atoms with E-state index in [4.69, 9.17) is 4.74 Å². The number of ether oxygens (including phenoxy) is 1. The fourth-order valence-electron chi connectivity index (χ4n) is 5.41. The van der Waals surface area contributed by atoms with Gasteiger partial charge in [0, 0.05) is 53.2 Å². The number of amides is 1. The van der Waals surface area contributed by atoms with Gasteiger partial charge in [0.15, 0.2) is 0 Å². The third-order valence-electron chi connectivity index (χ3n) is 7.22. The highest BCUT2D eigenvalue weighted by Crippen LogP contribution is 2.34. The average Bonchev–Trinajstić information content (AvgIpc) is 3.41. The molecular formula is C28H30FN3O3. The summed E-state index contributed by atoms with van der Waals surface area (Å²) in [6.45, 7) is 2.21. The summed E-state index contributed by atoms with van der Waals surface area (Å²) in [5.74, 6) is -0.507. The molecule has 0 fully saturated rings. The van der Waals surface area contributed by atoms with Crippen LogP contribution in [-0.2, 0) is 40.1 Å². The lowest BCUT2D eigenvalue weighted by molar-refractivity contribution is -0.143. The number of fused-ring (bicyclic) bond motifs is 4. The lowest BCUT2D eigenvalue weighted by atomic mass is 9.90. The molecule has 1 N–H and O–H groups in total. The second kappa shape index (κ2) is 9.56. The van der Waals surface area contributed by atoms with E-state index in [1.807, 2.05) is 40.9 Å². The molecule has 0 saturated carbocycles. The molecule has 2 heterocycles. The molecule has 0 saturated heterocycles. The Kier molecular flexibility index (Phi) is 6.32. The van der Waals surface area contributed by atoms with Crippen LogP contribution in [0.4, 0.5) is 4.39 Å². The highest BCUT2D eigenvalue weighted by atomic mass is 19.1. The number of likely N-dealkylation sites (N-methyl/N-ethyl adjacent to an activating group) is 1. The van der Waals surface area contributed by atoms with E-state index in [2.05, 4.69) is 11.1 Å². The number of esters is 1. The summed E-state index contributed by atoms with van der Waals surface area (Å²) in [6.07, 6.45) is 5.24. The van der Waals surface area contributed by atoms with E-state index >= 15 is 0 Å². The van der Waals surface area contributed by atoms with Gasteiger partial charge in [0.2, 0.25) is 5.91 Å². The number of hydrogen-bond acceptors (Lipinski definition) is 3. The summed E-state index contributed by atoms with van der Waals surface area (Å²) in [4.78, 5) is 30.5. The van der Waals surface area contributed by atoms with E-state index in [1.165, 1.54) is 12.1 Å². The monoisotopic (exact) mass is 475 g/mol. The molecule has 0 aliphatic heterocycles. The maximum Gasteiger partial charge on any atom is 0.325 e. The molecule has 0 spiro atoms. The molecule has 2 aromatic carbocycles. The molecule has 1 amide bonds. The lowest BCUT2D eigenvalue weighted by Gasteiger charge is -2.32. The van der Waals surface area contributed by atoms with Gasteiger partial charge in [-0.2, -0.15) is 0 Å². The Bertz CT molecular complexity index is 1400. The zero-order valence-corrected chi connectivity index (χ0v) is 20.1. The number of nitrogens with one attached hydrogen (secondary N) is 1. The number of carbonyl (C=O) groups is 2. The lowest BCUT2D eigenvalue weighted by Crippen LogP contribution is -2.41. The van der Waals surface area contributed by atoms with Crippen LogP contribution < -0.4 is 0 Å². The minimum Gasteiger partial charge on any atom is -0.465 e. The van der Waals surface area contributed by atoms with Gasteiger partial charge in [-0.3, -0.25) is 9.59 Å². The van der Waals surface area contributed by atoms with E-state index in [1.54, 1.807) is 13.0 Å². The molecule has 1 aliphatic rings. The number of halogens is 1. The van der Waals surface area contributed by atoms with Crippen molar-refractivity contribution in [3.8, 4) is 0 Å². The van der Waals surface area contributed by atoms with E-state index in [0.29, 0.717) is 25.9 Å². The van der Waals surface area contributed by atoms with Crippen molar-refractivity contribution in [2.75, 3.05) is 13.7 Å². The minimum atomic E-state index is -0.307. The van der Waals surface area contributed by atoms with Crippen LogP contribution >= 0.6 is 0 Å². The molecule has 0 radical (unpaired) electrons. The van der Waals surface area contributed by atoms with Crippen molar-refractivity contribution in [2.24, 2.45) is 0 Å². The van der Waals surface area contributed by atoms with Crippen LogP contribution in [0.2, 0.25) is 0 Å². The number of hydrogen-bond donors (Lipinski definition) is 1. The molecule has 35 heavy (non-hydrogen) atoms. The average molecular weight is 476 g/mol. The molecule has 2 aromatic heterocycles. The Morgan fingerprint density at radius 1 is 1.20 bits per heavy atom. The first-order valence-corrected chi connectivity index (χ1v) is 12.2. The van der Waals surface area contributed by atoms with Crippen LogP contribution in [0, 0.1) is 5.82 Å². The molecule has 0 bridgehead atoms. The fourth-order valence-corrected chi connectivity index (χ4v) is 5.41. The van der Waals surface area contributed by atoms with Gasteiger partial charge in [0.1, 0.15) is 12.4 Å². The number of aromatic amines is 1. The van der Waals surface area contributed by atoms with Crippen LogP contribution in [-0.4, -0.2) is 46.0 Å². The van der Waals surface area contributed by atoms with Gasteiger partial charge in [-0.05, 0) is 68.0 Å². The van der Waals surface area contributed by atoms with Crippen molar-refractivity contribution in [1.82, 2.24) is 14.5 Å². The number of carbonyl (C=O) groups excluding carboxylic acids is 2. The molecule has 7 heteroatoms. The van der Waals surface area contributed by atoms with Gasteiger partial charge >= 0.3 is 5.97 Å². The van der Waals surface area contributed by atoms with Crippen molar-refractivity contribution < 1.29 is 18.7 Å². The highest BCUT2D eigenvalue weighted by Gasteiger charge is 2.30. The number of rotatable bonds is 7. The minimum absolute atomic E-state index is 0.0304. The molecule has 4 aromatic rings. The predicted octanol–water partition coefficient (Wildman–Crippen LogP) is 4.77. The van der Waals surface area contributed by atoms with E-state index in [-0.39, 0.29) is 30.3 Å². The first-order valence-electron chi connectivity index (χ1n) is 12.2. The van der Waals surface area contributed by atoms with Crippen LogP contribution in [0.5, 0.6) is 0 Å². The van der Waals surface area contributed by atoms with Crippen molar-refractivity contribution in [2.45, 2.75) is 51.6 Å². The molecule has 1 aliphatic carbocycles. The standard InChI is InChI=1S/C28H30FN3O3/c1-3-35-28(34)17-32-25-11-9-19(29)14-22(25)23-15-20(10-12-26(23)32)31(2)27(33)13-8-18-16-30-24-7-5-4-6-21(18)24/h4-7,9,11,14,16,20,30H,3,8,10,12-13,15,17H2,1-2H3/t20-/m0/s1. The van der Waals surface area contributed by atoms with Crippen LogP contribution in [0.15, 0.2) is 48.7 Å². The summed E-state index contributed by atoms with van der Waals surface area (Å²) in [7, 11) is 1.87. The van der Waals surface area contributed by atoms with Gasteiger partial charge in [0.25, 0.3) is 0 Å². The van der Waals surface area contributed by atoms with Crippen LogP contribution in [0.3, 0.4) is 0 Å². The first-order chi connectivity index (χ1) is 17.0. The van der Waals surface area contributed by atoms with Crippen LogP contribution in [0.25, 0.3) is 21.8 Å². The number of benzene rings is 2. The summed E-state index contributed by atoms with van der Waals surface area (Å²) >= 11 is 0. The Hall–Kier alpha value is -3.61. The summed E-state index contributed by atoms with van der Waals surface area (Å²) in [5.41, 5.74) is 5.12. The van der Waals surface area contributed by atoms with Crippen molar-refractivity contribution >= 4 is 33.7 Å². The Balaban J connectivity index is 1.34. The molecule has 1 atom stereocenters. The summed E-state index contributed by atoms with van der Waals surface area (Å²) < 4.78 is 21.3. The van der Waals surface area contributed by atoms with Gasteiger partial charge < -0.3 is 19.2 Å². The Labute approximate surface area is 203 Å². The second-order valence-electron chi connectivity index (χ2n) is 9.24. The fraction of sp³-hybridized carbons (Fsp3) is 0.357. The molecule has 182 valence electrons. The molecule has 6 nitrogen and oxygen atoms in total. The number of H-pyrrole nitrogens is 1. The predicted molar refractivity (Wildman–Crippen MR) is 134 cm³/mol. The quantitative estimate of drug-likeness (QED) is 0.392. The van der Waals surface area contributed by atoms with E-state index in [9.17, 15) is 14.0 Å². The largest absolute Gasteiger partial charge is 0.465 e. The van der Waals surface area contributed by atoms with Crippen molar-refractivity contribution in [3.05, 3.63) is 71.3 Å². The highest BCUT2D eigenvalue weighted by molar-refractivity contribution is 5.88. The van der Waals surface area contributed by atoms with Gasteiger partial charge in [-0.1, -0.05) is 18.2 Å². The Morgan fingerprint density at radius 3 is 2.86 bits per heavy atom. The second-order valence-corrected chi connectivity index (χ2v) is 9.24. The SMILES string of the molecule is CCOC(=O)Cn1c2c(c3cc(F)ccc31)C[C@@H](N(C)C(=O)CCc1c[nH]c3ccccc13)CC2. The number of aromatic nitrogens is 2.